The Kier molecular flexibility index (Phi) is 4.46. The van der Waals surface area contributed by atoms with Crippen molar-refractivity contribution in [3.8, 4) is 0 Å². The Morgan fingerprint density at radius 2 is 2.04 bits per heavy atom. The summed E-state index contributed by atoms with van der Waals surface area (Å²) in [6.07, 6.45) is 7.20. The van der Waals surface area contributed by atoms with Crippen LogP contribution in [-0.2, 0) is 19.7 Å². The van der Waals surface area contributed by atoms with Crippen LogP contribution < -0.4 is 0 Å². The molecule has 0 heterocycles. The number of carbonyl (C=O) groups is 2. The van der Waals surface area contributed by atoms with E-state index in [4.69, 9.17) is 16.3 Å². The molecule has 0 amide bonds. The maximum atomic E-state index is 13.1. The van der Waals surface area contributed by atoms with E-state index in [1.807, 2.05) is 12.2 Å². The van der Waals surface area contributed by atoms with E-state index in [0.29, 0.717) is 35.4 Å². The number of halogens is 1. The Hall–Kier alpha value is -2.13. The van der Waals surface area contributed by atoms with Crippen LogP contribution in [0.5, 0.6) is 0 Å². The van der Waals surface area contributed by atoms with E-state index in [0.717, 1.165) is 5.57 Å². The van der Waals surface area contributed by atoms with E-state index in [1.165, 1.54) is 7.11 Å². The second-order valence-corrected chi connectivity index (χ2v) is 6.78. The summed E-state index contributed by atoms with van der Waals surface area (Å²) in [7, 11) is 1.35. The first-order valence-corrected chi connectivity index (χ1v) is 8.29. The van der Waals surface area contributed by atoms with Gasteiger partial charge in [0.25, 0.3) is 0 Å². The van der Waals surface area contributed by atoms with Gasteiger partial charge in [-0.05, 0) is 37.0 Å². The monoisotopic (exact) mass is 342 g/mol. The van der Waals surface area contributed by atoms with E-state index in [1.54, 1.807) is 30.3 Å². The number of ketones is 1. The van der Waals surface area contributed by atoms with Gasteiger partial charge in [0, 0.05) is 16.5 Å². The van der Waals surface area contributed by atoms with Crippen molar-refractivity contribution in [1.29, 1.82) is 0 Å². The molecule has 0 aromatic heterocycles. The average molecular weight is 343 g/mol. The number of hydrogen-bond donors (Lipinski definition) is 0. The second kappa shape index (κ2) is 6.40. The molecular formula is C20H19ClO3. The van der Waals surface area contributed by atoms with Crippen molar-refractivity contribution in [3.05, 3.63) is 70.8 Å². The fraction of sp³-hybridized carbons (Fsp3) is 0.300. The van der Waals surface area contributed by atoms with Gasteiger partial charge in [-0.1, -0.05) is 54.1 Å². The molecule has 3 rings (SSSR count). The summed E-state index contributed by atoms with van der Waals surface area (Å²) in [5.41, 5.74) is 0.897. The molecule has 24 heavy (non-hydrogen) atoms. The summed E-state index contributed by atoms with van der Waals surface area (Å²) >= 11 is 6.00. The number of allylic oxidation sites excluding steroid dienone is 4. The summed E-state index contributed by atoms with van der Waals surface area (Å²) in [5.74, 6) is -0.609. The number of rotatable bonds is 2. The van der Waals surface area contributed by atoms with Crippen LogP contribution >= 0.6 is 11.6 Å². The Morgan fingerprint density at radius 1 is 1.33 bits per heavy atom. The van der Waals surface area contributed by atoms with Crippen molar-refractivity contribution in [3.63, 3.8) is 0 Å². The zero-order chi connectivity index (χ0) is 17.3. The third kappa shape index (κ3) is 2.63. The van der Waals surface area contributed by atoms with Gasteiger partial charge in [0.05, 0.1) is 7.11 Å². The molecular weight excluding hydrogens is 324 g/mol. The average Bonchev–Trinajstić information content (AvgIpc) is 2.81. The fourth-order valence-electron chi connectivity index (χ4n) is 3.70. The molecule has 4 heteroatoms. The SMILES string of the molecule is C=C1C[C@@H]2CC=CC=C(C2=O)[C@@](C(=O)OC)(c2ccc(Cl)cc2)C1. The van der Waals surface area contributed by atoms with E-state index < -0.39 is 11.4 Å². The van der Waals surface area contributed by atoms with Crippen molar-refractivity contribution in [2.45, 2.75) is 24.7 Å². The fourth-order valence-corrected chi connectivity index (χ4v) is 3.83. The smallest absolute Gasteiger partial charge is 0.321 e. The van der Waals surface area contributed by atoms with E-state index in [2.05, 4.69) is 6.58 Å². The normalized spacial score (nSPS) is 26.4. The third-order valence-electron chi connectivity index (χ3n) is 4.84. The van der Waals surface area contributed by atoms with Crippen LogP contribution in [0.4, 0.5) is 0 Å². The molecule has 0 aliphatic heterocycles. The third-order valence-corrected chi connectivity index (χ3v) is 5.09. The predicted octanol–water partition coefficient (Wildman–Crippen LogP) is 4.17. The molecule has 0 saturated heterocycles. The van der Waals surface area contributed by atoms with E-state index >= 15 is 0 Å². The van der Waals surface area contributed by atoms with Crippen molar-refractivity contribution < 1.29 is 14.3 Å². The number of ether oxygens (including phenoxy) is 1. The Labute approximate surface area is 146 Å². The molecule has 0 N–H and O–H groups in total. The minimum atomic E-state index is -1.17. The summed E-state index contributed by atoms with van der Waals surface area (Å²) in [5, 5.41) is 0.574. The molecule has 1 aromatic carbocycles. The summed E-state index contributed by atoms with van der Waals surface area (Å²) < 4.78 is 5.13. The first kappa shape index (κ1) is 16.7. The molecule has 0 radical (unpaired) electrons. The molecule has 0 spiro atoms. The number of benzene rings is 1. The number of methoxy groups -OCH3 is 1. The summed E-state index contributed by atoms with van der Waals surface area (Å²) in [4.78, 5) is 26.0. The lowest BCUT2D eigenvalue weighted by atomic mass is 9.69. The quantitative estimate of drug-likeness (QED) is 0.598. The topological polar surface area (TPSA) is 43.4 Å². The molecule has 124 valence electrons. The van der Waals surface area contributed by atoms with Crippen molar-refractivity contribution in [2.75, 3.05) is 7.11 Å². The molecule has 0 unspecified atom stereocenters. The van der Waals surface area contributed by atoms with Gasteiger partial charge in [0.1, 0.15) is 5.41 Å². The molecule has 1 saturated carbocycles. The number of hydrogen-bond acceptors (Lipinski definition) is 3. The predicted molar refractivity (Wildman–Crippen MR) is 93.9 cm³/mol. The highest BCUT2D eigenvalue weighted by molar-refractivity contribution is 6.30. The van der Waals surface area contributed by atoms with Crippen LogP contribution in [0.1, 0.15) is 24.8 Å². The number of fused-ring (bicyclic) bond motifs is 2. The number of carbonyl (C=O) groups excluding carboxylic acids is 2. The molecule has 2 bridgehead atoms. The van der Waals surface area contributed by atoms with Gasteiger partial charge in [-0.2, -0.15) is 0 Å². The summed E-state index contributed by atoms with van der Waals surface area (Å²) in [6, 6.07) is 7.03. The molecule has 3 nitrogen and oxygen atoms in total. The van der Waals surface area contributed by atoms with Crippen LogP contribution in [-0.4, -0.2) is 18.9 Å². The van der Waals surface area contributed by atoms with Gasteiger partial charge >= 0.3 is 5.97 Å². The molecule has 2 aliphatic rings. The standard InChI is InChI=1S/C20H19ClO3/c1-13-11-14-5-3-4-6-17(18(14)22)20(12-13,19(23)24-2)15-7-9-16(21)10-8-15/h3-4,6-10,14H,1,5,11-12H2,2H3/t14-,20-/m0/s1. The maximum Gasteiger partial charge on any atom is 0.321 e. The Morgan fingerprint density at radius 3 is 2.71 bits per heavy atom. The van der Waals surface area contributed by atoms with Gasteiger partial charge in [-0.3, -0.25) is 9.59 Å². The lowest BCUT2D eigenvalue weighted by molar-refractivity contribution is -0.146. The first-order valence-electron chi connectivity index (χ1n) is 7.91. The highest BCUT2D eigenvalue weighted by Gasteiger charge is 2.50. The van der Waals surface area contributed by atoms with E-state index in [9.17, 15) is 9.59 Å². The van der Waals surface area contributed by atoms with Gasteiger partial charge in [-0.25, -0.2) is 0 Å². The Bertz CT molecular complexity index is 758. The first-order chi connectivity index (χ1) is 11.5. The van der Waals surface area contributed by atoms with Crippen molar-refractivity contribution in [1.82, 2.24) is 0 Å². The Balaban J connectivity index is 2.29. The molecule has 1 fully saturated rings. The molecule has 2 aliphatic carbocycles. The van der Waals surface area contributed by atoms with E-state index in [-0.39, 0.29) is 11.7 Å². The number of esters is 1. The van der Waals surface area contributed by atoms with Crippen LogP contribution in [0, 0.1) is 5.92 Å². The van der Waals surface area contributed by atoms with Crippen molar-refractivity contribution >= 4 is 23.4 Å². The lowest BCUT2D eigenvalue weighted by Gasteiger charge is -2.32. The number of Topliss-reactive ketones (excluding diaryl/α,β-unsaturated/α-hetero) is 1. The minimum absolute atomic E-state index is 0.000926. The van der Waals surface area contributed by atoms with Gasteiger partial charge < -0.3 is 4.74 Å². The molecule has 1 aromatic rings. The van der Waals surface area contributed by atoms with Crippen LogP contribution in [0.25, 0.3) is 0 Å². The minimum Gasteiger partial charge on any atom is -0.468 e. The zero-order valence-electron chi connectivity index (χ0n) is 13.5. The van der Waals surface area contributed by atoms with Crippen LogP contribution in [0.15, 0.2) is 60.2 Å². The van der Waals surface area contributed by atoms with Crippen LogP contribution in [0.2, 0.25) is 5.02 Å². The van der Waals surface area contributed by atoms with Crippen LogP contribution in [0.3, 0.4) is 0 Å². The maximum absolute atomic E-state index is 13.1. The lowest BCUT2D eigenvalue weighted by Crippen LogP contribution is -2.41. The van der Waals surface area contributed by atoms with Crippen molar-refractivity contribution in [2.24, 2.45) is 5.92 Å². The zero-order valence-corrected chi connectivity index (χ0v) is 14.3. The van der Waals surface area contributed by atoms with Gasteiger partial charge in [0.2, 0.25) is 0 Å². The van der Waals surface area contributed by atoms with Gasteiger partial charge in [-0.15, -0.1) is 0 Å². The summed E-state index contributed by atoms with van der Waals surface area (Å²) in [6.45, 7) is 4.12. The molecule has 2 atom stereocenters. The highest BCUT2D eigenvalue weighted by Crippen LogP contribution is 2.46. The second-order valence-electron chi connectivity index (χ2n) is 6.34. The van der Waals surface area contributed by atoms with Gasteiger partial charge in [0.15, 0.2) is 5.78 Å². The largest absolute Gasteiger partial charge is 0.468 e. The highest BCUT2D eigenvalue weighted by atomic mass is 35.5.